The minimum Gasteiger partial charge on any atom is -0.508 e. The molecule has 1 aromatic rings. The van der Waals surface area contributed by atoms with Gasteiger partial charge in [-0.1, -0.05) is 23.2 Å². The molecule has 112 valence electrons. The summed E-state index contributed by atoms with van der Waals surface area (Å²) in [6, 6.07) is 4.41. The van der Waals surface area contributed by atoms with E-state index in [-0.39, 0.29) is 17.8 Å². The lowest BCUT2D eigenvalue weighted by molar-refractivity contribution is -0.127. The number of benzene rings is 1. The van der Waals surface area contributed by atoms with Crippen LogP contribution in [0.1, 0.15) is 26.2 Å². The number of phenolic OH excluding ortho intramolecular Hbond substituents is 1. The molecule has 4 nitrogen and oxygen atoms in total. The topological polar surface area (TPSA) is 60.8 Å². The summed E-state index contributed by atoms with van der Waals surface area (Å²) < 4.78 is 0. The summed E-state index contributed by atoms with van der Waals surface area (Å²) in [6.45, 7) is 3.35. The van der Waals surface area contributed by atoms with Crippen molar-refractivity contribution < 1.29 is 15.0 Å². The lowest BCUT2D eigenvalue weighted by Gasteiger charge is -2.15. The Morgan fingerprint density at radius 1 is 1.35 bits per heavy atom. The predicted octanol–water partition coefficient (Wildman–Crippen LogP) is 3.08. The summed E-state index contributed by atoms with van der Waals surface area (Å²) in [5, 5.41) is 18.6. The Labute approximate surface area is 128 Å². The fraction of sp³-hybridized carbons (Fsp3) is 0.500. The molecular weight excluding hydrogens is 301 g/mol. The molecule has 0 saturated carbocycles. The van der Waals surface area contributed by atoms with Gasteiger partial charge in [0.05, 0.1) is 16.1 Å². The van der Waals surface area contributed by atoms with Crippen LogP contribution < -0.4 is 0 Å². The van der Waals surface area contributed by atoms with Gasteiger partial charge in [-0.15, -0.1) is 0 Å². The van der Waals surface area contributed by atoms with E-state index in [9.17, 15) is 4.79 Å². The van der Waals surface area contributed by atoms with Gasteiger partial charge in [-0.2, -0.15) is 0 Å². The second-order valence-electron chi connectivity index (χ2n) is 4.72. The van der Waals surface area contributed by atoms with Gasteiger partial charge in [-0.05, 0) is 38.0 Å². The van der Waals surface area contributed by atoms with Crippen molar-refractivity contribution in [1.29, 1.82) is 0 Å². The van der Waals surface area contributed by atoms with E-state index in [4.69, 9.17) is 33.4 Å². The molecule has 1 fully saturated rings. The molecule has 1 saturated heterocycles. The number of nitrogens with zero attached hydrogens (tertiary/aromatic N) is 1. The Morgan fingerprint density at radius 2 is 2.05 bits per heavy atom. The van der Waals surface area contributed by atoms with Crippen LogP contribution in [0.3, 0.4) is 0 Å². The van der Waals surface area contributed by atoms with Crippen LogP contribution in [0.4, 0.5) is 0 Å². The molecule has 0 aromatic heterocycles. The molecule has 1 unspecified atom stereocenters. The second-order valence-corrected chi connectivity index (χ2v) is 5.53. The lowest BCUT2D eigenvalue weighted by Crippen LogP contribution is -2.27. The molecule has 0 radical (unpaired) electrons. The number of aromatic hydroxyl groups is 1. The Hall–Kier alpha value is -0.970. The number of carbonyl (C=O) groups is 1. The van der Waals surface area contributed by atoms with Gasteiger partial charge in [-0.25, -0.2) is 0 Å². The van der Waals surface area contributed by atoms with Crippen LogP contribution in [-0.2, 0) is 4.79 Å². The maximum absolute atomic E-state index is 11.0. The van der Waals surface area contributed by atoms with E-state index < -0.39 is 0 Å². The van der Waals surface area contributed by atoms with Gasteiger partial charge in [0.2, 0.25) is 5.91 Å². The molecule has 20 heavy (non-hydrogen) atoms. The maximum Gasteiger partial charge on any atom is 0.222 e. The van der Waals surface area contributed by atoms with Crippen LogP contribution >= 0.6 is 23.2 Å². The predicted molar refractivity (Wildman–Crippen MR) is 80.2 cm³/mol. The van der Waals surface area contributed by atoms with Crippen molar-refractivity contribution in [2.45, 2.75) is 32.3 Å². The van der Waals surface area contributed by atoms with E-state index >= 15 is 0 Å². The zero-order chi connectivity index (χ0) is 15.1. The van der Waals surface area contributed by atoms with Crippen LogP contribution in [0.25, 0.3) is 0 Å². The number of carbonyl (C=O) groups excluding carboxylic acids is 1. The first-order chi connectivity index (χ1) is 9.40. The van der Waals surface area contributed by atoms with Crippen molar-refractivity contribution >= 4 is 29.1 Å². The summed E-state index contributed by atoms with van der Waals surface area (Å²) in [5.74, 6) is 0.370. The monoisotopic (exact) mass is 319 g/mol. The van der Waals surface area contributed by atoms with Gasteiger partial charge < -0.3 is 15.1 Å². The van der Waals surface area contributed by atoms with Gasteiger partial charge in [0.1, 0.15) is 5.75 Å². The molecule has 2 N–H and O–H groups in total. The fourth-order valence-corrected chi connectivity index (χ4v) is 2.06. The summed E-state index contributed by atoms with van der Waals surface area (Å²) in [6.07, 6.45) is 2.09. The Morgan fingerprint density at radius 3 is 2.50 bits per heavy atom. The highest BCUT2D eigenvalue weighted by atomic mass is 35.5. The van der Waals surface area contributed by atoms with Gasteiger partial charge >= 0.3 is 0 Å². The largest absolute Gasteiger partial charge is 0.508 e. The first-order valence-electron chi connectivity index (χ1n) is 6.50. The van der Waals surface area contributed by atoms with E-state index in [0.717, 1.165) is 19.5 Å². The van der Waals surface area contributed by atoms with Crippen molar-refractivity contribution in [3.05, 3.63) is 28.2 Å². The number of rotatable bonds is 3. The first-order valence-corrected chi connectivity index (χ1v) is 7.25. The lowest BCUT2D eigenvalue weighted by atomic mass is 10.3. The van der Waals surface area contributed by atoms with Gasteiger partial charge in [0, 0.05) is 19.5 Å². The quantitative estimate of drug-likeness (QED) is 0.900. The molecule has 1 aliphatic rings. The fourth-order valence-electron chi connectivity index (χ4n) is 1.77. The van der Waals surface area contributed by atoms with E-state index in [0.29, 0.717) is 22.9 Å². The standard InChI is InChI=1S/C8H15NO2.C6H4Cl2O/c1-7(10)4-6-9-5-2-3-8(9)11;7-5-2-1-4(9)3-6(5)8/h7,10H,2-6H2,1H3;1-3,9H. The molecule has 1 amide bonds. The van der Waals surface area contributed by atoms with Crippen LogP contribution in [0, 0.1) is 0 Å². The van der Waals surface area contributed by atoms with Crippen molar-refractivity contribution in [3.8, 4) is 5.75 Å². The first kappa shape index (κ1) is 17.1. The number of hydrogen-bond acceptors (Lipinski definition) is 3. The average Bonchev–Trinajstić information content (AvgIpc) is 2.78. The van der Waals surface area contributed by atoms with Gasteiger partial charge in [0.15, 0.2) is 0 Å². The summed E-state index contributed by atoms with van der Waals surface area (Å²) in [5.41, 5.74) is 0. The highest BCUT2D eigenvalue weighted by Gasteiger charge is 2.19. The number of hydrogen-bond donors (Lipinski definition) is 2. The smallest absolute Gasteiger partial charge is 0.222 e. The summed E-state index contributed by atoms with van der Waals surface area (Å²) >= 11 is 11.1. The minimum atomic E-state index is -0.289. The van der Waals surface area contributed by atoms with E-state index in [1.165, 1.54) is 12.1 Å². The molecule has 2 rings (SSSR count). The zero-order valence-electron chi connectivity index (χ0n) is 11.4. The normalized spacial score (nSPS) is 15.8. The highest BCUT2D eigenvalue weighted by molar-refractivity contribution is 6.42. The van der Waals surface area contributed by atoms with Crippen molar-refractivity contribution in [2.75, 3.05) is 13.1 Å². The molecule has 1 atom stereocenters. The summed E-state index contributed by atoms with van der Waals surface area (Å²) in [7, 11) is 0. The van der Waals surface area contributed by atoms with Crippen molar-refractivity contribution in [1.82, 2.24) is 4.90 Å². The number of amides is 1. The highest BCUT2D eigenvalue weighted by Crippen LogP contribution is 2.25. The Kier molecular flexibility index (Phi) is 7.13. The van der Waals surface area contributed by atoms with Gasteiger partial charge in [0.25, 0.3) is 0 Å². The van der Waals surface area contributed by atoms with Gasteiger partial charge in [-0.3, -0.25) is 4.79 Å². The molecule has 1 heterocycles. The molecule has 1 aromatic carbocycles. The molecule has 0 bridgehead atoms. The maximum atomic E-state index is 11.0. The third-order valence-electron chi connectivity index (χ3n) is 2.89. The van der Waals surface area contributed by atoms with Crippen molar-refractivity contribution in [3.63, 3.8) is 0 Å². The number of aliphatic hydroxyl groups excluding tert-OH is 1. The molecule has 6 heteroatoms. The number of phenols is 1. The SMILES string of the molecule is CC(O)CCN1CCCC1=O.Oc1ccc(Cl)c(Cl)c1. The van der Waals surface area contributed by atoms with E-state index in [1.54, 1.807) is 13.0 Å². The second kappa shape index (κ2) is 8.35. The summed E-state index contributed by atoms with van der Waals surface area (Å²) in [4.78, 5) is 12.9. The van der Waals surface area contributed by atoms with Crippen LogP contribution in [0.5, 0.6) is 5.75 Å². The number of likely N-dealkylation sites (tertiary alicyclic amines) is 1. The van der Waals surface area contributed by atoms with Crippen LogP contribution in [-0.4, -0.2) is 40.2 Å². The zero-order valence-corrected chi connectivity index (χ0v) is 12.9. The van der Waals surface area contributed by atoms with E-state index in [1.807, 2.05) is 4.90 Å². The number of halogens is 2. The molecule has 1 aliphatic heterocycles. The third-order valence-corrected chi connectivity index (χ3v) is 3.63. The van der Waals surface area contributed by atoms with Crippen LogP contribution in [0.15, 0.2) is 18.2 Å². The Balaban J connectivity index is 0.000000204. The molecule has 0 aliphatic carbocycles. The van der Waals surface area contributed by atoms with Crippen LogP contribution in [0.2, 0.25) is 10.0 Å². The van der Waals surface area contributed by atoms with Crippen molar-refractivity contribution in [2.24, 2.45) is 0 Å². The molecular formula is C14H19Cl2NO3. The number of aliphatic hydroxyl groups is 1. The Bertz CT molecular complexity index is 452. The van der Waals surface area contributed by atoms with E-state index in [2.05, 4.69) is 0 Å². The molecule has 0 spiro atoms. The third kappa shape index (κ3) is 5.99. The minimum absolute atomic E-state index is 0.129. The average molecular weight is 320 g/mol.